The summed E-state index contributed by atoms with van der Waals surface area (Å²) >= 11 is 1.38. The molecule has 2 aliphatic rings. The predicted molar refractivity (Wildman–Crippen MR) is 156 cm³/mol. The van der Waals surface area contributed by atoms with Gasteiger partial charge in [-0.05, 0) is 71.0 Å². The van der Waals surface area contributed by atoms with Crippen LogP contribution < -0.4 is 19.6 Å². The van der Waals surface area contributed by atoms with Gasteiger partial charge in [0.15, 0.2) is 4.80 Å². The fraction of sp³-hybridized carbons (Fsp3) is 0.118. The van der Waals surface area contributed by atoms with Crippen molar-refractivity contribution in [2.24, 2.45) is 4.99 Å². The largest absolute Gasteiger partial charge is 0.489 e. The van der Waals surface area contributed by atoms with Gasteiger partial charge in [-0.15, -0.1) is 0 Å². The summed E-state index contributed by atoms with van der Waals surface area (Å²) in [5, 5.41) is 0. The summed E-state index contributed by atoms with van der Waals surface area (Å²) in [4.78, 5) is 19.6. The van der Waals surface area contributed by atoms with Gasteiger partial charge in [-0.2, -0.15) is 0 Å². The van der Waals surface area contributed by atoms with Crippen LogP contribution in [0, 0.1) is 5.82 Å². The zero-order chi connectivity index (χ0) is 27.1. The van der Waals surface area contributed by atoms with Gasteiger partial charge in [0.2, 0.25) is 0 Å². The molecule has 0 fully saturated rings. The van der Waals surface area contributed by atoms with Gasteiger partial charge in [0, 0.05) is 5.56 Å². The minimum absolute atomic E-state index is 0.0981. The van der Waals surface area contributed by atoms with E-state index in [0.717, 1.165) is 52.1 Å². The minimum atomic E-state index is -0.331. The number of allylic oxidation sites excluding steroid dienone is 1. The van der Waals surface area contributed by atoms with Crippen LogP contribution in [-0.4, -0.2) is 4.57 Å². The standard InChI is InChI=1S/C34H25FN2O2S/c35-26-16-13-25(14-17-26)32-29-18-15-24-10-4-5-12-28(24)31(29)36-34-37(32)33(38)30(40-34)20-23-9-6-11-27(19-23)39-21-22-7-2-1-3-8-22/h1-14,16-17,19-20,32H,15,18,21H2/b30-20-/t32-/m0/s1. The highest BCUT2D eigenvalue weighted by Crippen LogP contribution is 2.41. The molecule has 1 aliphatic heterocycles. The van der Waals surface area contributed by atoms with Crippen molar-refractivity contribution in [1.82, 2.24) is 4.57 Å². The van der Waals surface area contributed by atoms with Crippen LogP contribution in [0.2, 0.25) is 0 Å². The first kappa shape index (κ1) is 24.5. The lowest BCUT2D eigenvalue weighted by molar-refractivity contribution is 0.306. The molecule has 0 bridgehead atoms. The maximum atomic E-state index is 13.9. The van der Waals surface area contributed by atoms with Crippen molar-refractivity contribution < 1.29 is 9.13 Å². The minimum Gasteiger partial charge on any atom is -0.489 e. The third-order valence-corrected chi connectivity index (χ3v) is 8.45. The van der Waals surface area contributed by atoms with Crippen molar-refractivity contribution in [3.05, 3.63) is 162 Å². The molecule has 196 valence electrons. The molecule has 0 saturated carbocycles. The second-order valence-electron chi connectivity index (χ2n) is 10.0. The fourth-order valence-corrected chi connectivity index (χ4v) is 6.55. The van der Waals surface area contributed by atoms with E-state index >= 15 is 0 Å². The number of aromatic nitrogens is 1. The molecule has 1 atom stereocenters. The van der Waals surface area contributed by atoms with Gasteiger partial charge in [0.1, 0.15) is 18.2 Å². The van der Waals surface area contributed by atoms with E-state index in [0.29, 0.717) is 15.9 Å². The lowest BCUT2D eigenvalue weighted by Gasteiger charge is -2.30. The predicted octanol–water partition coefficient (Wildman–Crippen LogP) is 6.04. The van der Waals surface area contributed by atoms with Crippen molar-refractivity contribution in [2.75, 3.05) is 0 Å². The zero-order valence-electron chi connectivity index (χ0n) is 21.6. The third kappa shape index (κ3) is 4.50. The second-order valence-corrected chi connectivity index (χ2v) is 11.0. The Balaban J connectivity index is 1.33. The Morgan fingerprint density at radius 3 is 2.58 bits per heavy atom. The summed E-state index contributed by atoms with van der Waals surface area (Å²) in [6.45, 7) is 0.469. The molecular formula is C34H25FN2O2S. The van der Waals surface area contributed by atoms with Gasteiger partial charge in [-0.3, -0.25) is 9.36 Å². The number of aryl methyl sites for hydroxylation is 1. The van der Waals surface area contributed by atoms with Gasteiger partial charge >= 0.3 is 0 Å². The molecule has 0 saturated heterocycles. The summed E-state index contributed by atoms with van der Waals surface area (Å²) in [5.74, 6) is 0.440. The Kier molecular flexibility index (Phi) is 6.25. The van der Waals surface area contributed by atoms with Crippen LogP contribution in [0.25, 0.3) is 11.8 Å². The van der Waals surface area contributed by atoms with Crippen molar-refractivity contribution in [1.29, 1.82) is 0 Å². The van der Waals surface area contributed by atoms with Gasteiger partial charge in [0.25, 0.3) is 5.56 Å². The monoisotopic (exact) mass is 544 g/mol. The Labute approximate surface area is 234 Å². The summed E-state index contributed by atoms with van der Waals surface area (Å²) in [6, 6.07) is 32.3. The summed E-state index contributed by atoms with van der Waals surface area (Å²) in [7, 11) is 0. The SMILES string of the molecule is O=c1/c(=C/c2cccc(OCc3ccccc3)c2)sc2n1[C@@H](c1ccc(F)cc1)C1=C(N=2)c2ccccc2CC1. The lowest BCUT2D eigenvalue weighted by Crippen LogP contribution is -2.38. The molecule has 4 nitrogen and oxygen atoms in total. The molecule has 0 radical (unpaired) electrons. The van der Waals surface area contributed by atoms with E-state index < -0.39 is 0 Å². The van der Waals surface area contributed by atoms with Crippen LogP contribution in [0.1, 0.15) is 40.3 Å². The number of nitrogens with zero attached hydrogens (tertiary/aromatic N) is 2. The van der Waals surface area contributed by atoms with Gasteiger partial charge < -0.3 is 4.74 Å². The average molecular weight is 545 g/mol. The van der Waals surface area contributed by atoms with Crippen LogP contribution in [0.5, 0.6) is 5.75 Å². The second kappa shape index (κ2) is 10.2. The highest BCUT2D eigenvalue weighted by atomic mass is 32.1. The molecule has 7 rings (SSSR count). The van der Waals surface area contributed by atoms with Crippen LogP contribution in [0.3, 0.4) is 0 Å². The molecule has 0 amide bonds. The smallest absolute Gasteiger partial charge is 0.271 e. The first-order valence-corrected chi connectivity index (χ1v) is 14.1. The molecule has 4 aromatic carbocycles. The third-order valence-electron chi connectivity index (χ3n) is 7.46. The first-order chi connectivity index (χ1) is 19.6. The number of thiazole rings is 1. The highest BCUT2D eigenvalue weighted by molar-refractivity contribution is 7.07. The fourth-order valence-electron chi connectivity index (χ4n) is 5.55. The highest BCUT2D eigenvalue weighted by Gasteiger charge is 2.32. The molecule has 40 heavy (non-hydrogen) atoms. The Hall–Kier alpha value is -4.55. The van der Waals surface area contributed by atoms with Gasteiger partial charge in [0.05, 0.1) is 16.3 Å². The molecule has 1 aliphatic carbocycles. The number of rotatable bonds is 5. The van der Waals surface area contributed by atoms with Crippen LogP contribution in [-0.2, 0) is 13.0 Å². The number of halogens is 1. The Morgan fingerprint density at radius 1 is 0.925 bits per heavy atom. The Bertz CT molecular complexity index is 1940. The molecule has 5 aromatic rings. The molecule has 0 spiro atoms. The van der Waals surface area contributed by atoms with E-state index in [9.17, 15) is 9.18 Å². The maximum absolute atomic E-state index is 13.9. The summed E-state index contributed by atoms with van der Waals surface area (Å²) < 4.78 is 22.3. The van der Waals surface area contributed by atoms with Crippen molar-refractivity contribution in [3.63, 3.8) is 0 Å². The van der Waals surface area contributed by atoms with E-state index in [2.05, 4.69) is 18.2 Å². The maximum Gasteiger partial charge on any atom is 0.271 e. The number of benzene rings is 4. The quantitative estimate of drug-likeness (QED) is 0.271. The number of fused-ring (bicyclic) bond motifs is 3. The van der Waals surface area contributed by atoms with E-state index in [4.69, 9.17) is 9.73 Å². The topological polar surface area (TPSA) is 43.6 Å². The normalized spacial score (nSPS) is 16.1. The molecule has 0 N–H and O–H groups in total. The molecule has 6 heteroatoms. The molecule has 0 unspecified atom stereocenters. The lowest BCUT2D eigenvalue weighted by atomic mass is 9.83. The van der Waals surface area contributed by atoms with E-state index in [1.54, 1.807) is 16.7 Å². The van der Waals surface area contributed by atoms with Crippen molar-refractivity contribution >= 4 is 23.1 Å². The van der Waals surface area contributed by atoms with Crippen LogP contribution in [0.15, 0.2) is 118 Å². The van der Waals surface area contributed by atoms with Crippen molar-refractivity contribution in [2.45, 2.75) is 25.5 Å². The van der Waals surface area contributed by atoms with E-state index in [1.165, 1.54) is 29.0 Å². The zero-order valence-corrected chi connectivity index (χ0v) is 22.4. The Morgan fingerprint density at radius 2 is 1.73 bits per heavy atom. The van der Waals surface area contributed by atoms with Crippen molar-refractivity contribution in [3.8, 4) is 5.75 Å². The van der Waals surface area contributed by atoms with Crippen LogP contribution in [0.4, 0.5) is 4.39 Å². The number of hydrogen-bond donors (Lipinski definition) is 0. The van der Waals surface area contributed by atoms with Gasteiger partial charge in [-0.25, -0.2) is 9.38 Å². The summed E-state index contributed by atoms with van der Waals surface area (Å²) in [5.41, 5.74) is 7.15. The average Bonchev–Trinajstić information content (AvgIpc) is 3.30. The number of hydrogen-bond acceptors (Lipinski definition) is 4. The van der Waals surface area contributed by atoms with Gasteiger partial charge in [-0.1, -0.05) is 90.2 Å². The van der Waals surface area contributed by atoms with Crippen LogP contribution >= 0.6 is 11.3 Å². The number of ether oxygens (including phenoxy) is 1. The first-order valence-electron chi connectivity index (χ1n) is 13.3. The summed E-state index contributed by atoms with van der Waals surface area (Å²) in [6.07, 6.45) is 3.57. The van der Waals surface area contributed by atoms with E-state index in [1.807, 2.05) is 66.7 Å². The molecule has 2 heterocycles. The molecule has 1 aromatic heterocycles. The molecular weight excluding hydrogens is 519 g/mol. The van der Waals surface area contributed by atoms with E-state index in [-0.39, 0.29) is 17.4 Å².